The minimum Gasteiger partial charge on any atom is -0.295 e. The van der Waals surface area contributed by atoms with Gasteiger partial charge >= 0.3 is 0 Å². The predicted octanol–water partition coefficient (Wildman–Crippen LogP) is 3.50. The Bertz CT molecular complexity index is 250. The van der Waals surface area contributed by atoms with E-state index in [1.165, 1.54) is 25.7 Å². The van der Waals surface area contributed by atoms with Crippen molar-refractivity contribution in [2.24, 2.45) is 0 Å². The zero-order valence-electron chi connectivity index (χ0n) is 9.52. The maximum Gasteiger partial charge on any atom is 0.153 e. The summed E-state index contributed by atoms with van der Waals surface area (Å²) in [4.78, 5) is 10.7. The van der Waals surface area contributed by atoms with Crippen molar-refractivity contribution >= 4 is 5.78 Å². The van der Waals surface area contributed by atoms with E-state index in [1.807, 2.05) is 6.92 Å². The Balaban J connectivity index is 3.66. The second-order valence-corrected chi connectivity index (χ2v) is 3.55. The van der Waals surface area contributed by atoms with Gasteiger partial charge in [-0.3, -0.25) is 4.79 Å². The minimum absolute atomic E-state index is 0.0720. The molecular formula is C13H20O. The van der Waals surface area contributed by atoms with Crippen molar-refractivity contribution in [1.82, 2.24) is 0 Å². The molecule has 0 aromatic rings. The molecule has 0 atom stereocenters. The van der Waals surface area contributed by atoms with Crippen molar-refractivity contribution < 1.29 is 4.79 Å². The van der Waals surface area contributed by atoms with Gasteiger partial charge in [0.15, 0.2) is 5.78 Å². The van der Waals surface area contributed by atoms with Crippen molar-refractivity contribution in [3.8, 4) is 11.8 Å². The Morgan fingerprint density at radius 1 is 1.21 bits per heavy atom. The number of carbonyl (C=O) groups is 1. The number of unbranched alkanes of at least 4 members (excludes halogenated alkanes) is 4. The summed E-state index contributed by atoms with van der Waals surface area (Å²) in [7, 11) is 0. The van der Waals surface area contributed by atoms with Gasteiger partial charge in [0, 0.05) is 12.0 Å². The van der Waals surface area contributed by atoms with E-state index in [0.717, 1.165) is 12.0 Å². The molecule has 78 valence electrons. The third-order valence-electron chi connectivity index (χ3n) is 1.86. The lowest BCUT2D eigenvalue weighted by Gasteiger charge is -1.92. The van der Waals surface area contributed by atoms with Crippen LogP contribution in [-0.2, 0) is 4.79 Å². The summed E-state index contributed by atoms with van der Waals surface area (Å²) in [6, 6.07) is 0. The van der Waals surface area contributed by atoms with Crippen molar-refractivity contribution in [3.63, 3.8) is 0 Å². The average Bonchev–Trinajstić information content (AvgIpc) is 2.10. The lowest BCUT2D eigenvalue weighted by atomic mass is 10.1. The molecule has 0 aromatic heterocycles. The van der Waals surface area contributed by atoms with E-state index in [2.05, 4.69) is 18.8 Å². The fourth-order valence-electron chi connectivity index (χ4n) is 1.18. The van der Waals surface area contributed by atoms with E-state index in [9.17, 15) is 4.79 Å². The summed E-state index contributed by atoms with van der Waals surface area (Å²) in [6.07, 6.45) is 7.53. The highest BCUT2D eigenvalue weighted by molar-refractivity contribution is 5.88. The quantitative estimate of drug-likeness (QED) is 0.370. The maximum atomic E-state index is 10.7. The van der Waals surface area contributed by atoms with Crippen LogP contribution < -0.4 is 0 Å². The summed E-state index contributed by atoms with van der Waals surface area (Å²) in [5, 5.41) is 0. The zero-order chi connectivity index (χ0) is 10.8. The van der Waals surface area contributed by atoms with Crippen molar-refractivity contribution in [3.05, 3.63) is 11.6 Å². The molecule has 0 aliphatic carbocycles. The first-order valence-corrected chi connectivity index (χ1v) is 5.34. The molecule has 0 N–H and O–H groups in total. The van der Waals surface area contributed by atoms with E-state index in [1.54, 1.807) is 13.0 Å². The Morgan fingerprint density at radius 2 is 1.93 bits per heavy atom. The van der Waals surface area contributed by atoms with Crippen molar-refractivity contribution in [1.29, 1.82) is 0 Å². The van der Waals surface area contributed by atoms with Crippen LogP contribution in [0, 0.1) is 11.8 Å². The van der Waals surface area contributed by atoms with Gasteiger partial charge in [-0.15, -0.1) is 0 Å². The molecule has 1 nitrogen and oxygen atoms in total. The van der Waals surface area contributed by atoms with E-state index in [-0.39, 0.29) is 5.78 Å². The summed E-state index contributed by atoms with van der Waals surface area (Å²) < 4.78 is 0. The molecule has 0 amide bonds. The van der Waals surface area contributed by atoms with Gasteiger partial charge in [0.05, 0.1) is 0 Å². The fourth-order valence-corrected chi connectivity index (χ4v) is 1.18. The lowest BCUT2D eigenvalue weighted by Crippen LogP contribution is -1.83. The van der Waals surface area contributed by atoms with Crippen LogP contribution in [0.25, 0.3) is 0 Å². The number of hydrogen-bond donors (Lipinski definition) is 0. The molecule has 1 heteroatoms. The van der Waals surface area contributed by atoms with Gasteiger partial charge in [-0.05, 0) is 26.3 Å². The van der Waals surface area contributed by atoms with Crippen molar-refractivity contribution in [2.75, 3.05) is 0 Å². The van der Waals surface area contributed by atoms with Crippen LogP contribution >= 0.6 is 0 Å². The molecule has 0 aliphatic heterocycles. The average molecular weight is 192 g/mol. The van der Waals surface area contributed by atoms with Crippen LogP contribution in [0.15, 0.2) is 11.6 Å². The maximum absolute atomic E-state index is 10.7. The number of rotatable bonds is 5. The third-order valence-corrected chi connectivity index (χ3v) is 1.86. The van der Waals surface area contributed by atoms with Gasteiger partial charge in [-0.25, -0.2) is 0 Å². The van der Waals surface area contributed by atoms with Crippen molar-refractivity contribution in [2.45, 2.75) is 52.9 Å². The summed E-state index contributed by atoms with van der Waals surface area (Å²) in [5.41, 5.74) is 0.869. The first kappa shape index (κ1) is 13.0. The Labute approximate surface area is 87.6 Å². The Kier molecular flexibility index (Phi) is 7.93. The molecule has 0 spiro atoms. The lowest BCUT2D eigenvalue weighted by molar-refractivity contribution is -0.112. The molecule has 0 bridgehead atoms. The molecule has 0 saturated heterocycles. The van der Waals surface area contributed by atoms with Crippen LogP contribution in [0.4, 0.5) is 0 Å². The highest BCUT2D eigenvalue weighted by Gasteiger charge is 1.86. The molecule has 0 saturated carbocycles. The highest BCUT2D eigenvalue weighted by Crippen LogP contribution is 2.01. The topological polar surface area (TPSA) is 17.1 Å². The summed E-state index contributed by atoms with van der Waals surface area (Å²) in [5.74, 6) is 6.13. The standard InChI is InChI=1S/C13H20O/c1-4-5-6-7-8-9-10-12(2)11-13(3)14/h11H,4-8H2,1-3H3/b12-11-. The number of carbonyl (C=O) groups excluding carboxylic acids is 1. The number of ketones is 1. The smallest absolute Gasteiger partial charge is 0.153 e. The molecule has 0 rings (SSSR count). The first-order chi connectivity index (χ1) is 6.66. The largest absolute Gasteiger partial charge is 0.295 e. The SMILES string of the molecule is CCCCCCC#C/C(C)=C\C(C)=O. The molecule has 0 radical (unpaired) electrons. The number of allylic oxidation sites excluding steroid dienone is 2. The van der Waals surface area contributed by atoms with E-state index in [0.29, 0.717) is 0 Å². The van der Waals surface area contributed by atoms with Gasteiger partial charge in [0.25, 0.3) is 0 Å². The van der Waals surface area contributed by atoms with E-state index < -0.39 is 0 Å². The van der Waals surface area contributed by atoms with Crippen LogP contribution in [0.3, 0.4) is 0 Å². The van der Waals surface area contributed by atoms with Gasteiger partial charge < -0.3 is 0 Å². The van der Waals surface area contributed by atoms with Gasteiger partial charge in [0.1, 0.15) is 0 Å². The van der Waals surface area contributed by atoms with Crippen LogP contribution in [-0.4, -0.2) is 5.78 Å². The van der Waals surface area contributed by atoms with Gasteiger partial charge in [-0.2, -0.15) is 0 Å². The molecule has 14 heavy (non-hydrogen) atoms. The third kappa shape index (κ3) is 9.06. The molecule has 0 heterocycles. The van der Waals surface area contributed by atoms with E-state index >= 15 is 0 Å². The number of hydrogen-bond acceptors (Lipinski definition) is 1. The Hall–Kier alpha value is -1.03. The van der Waals surface area contributed by atoms with Crippen LogP contribution in [0.2, 0.25) is 0 Å². The molecular weight excluding hydrogens is 172 g/mol. The van der Waals surface area contributed by atoms with Crippen LogP contribution in [0.1, 0.15) is 52.9 Å². The fraction of sp³-hybridized carbons (Fsp3) is 0.615. The molecule has 0 aliphatic rings. The highest BCUT2D eigenvalue weighted by atomic mass is 16.1. The summed E-state index contributed by atoms with van der Waals surface area (Å²) in [6.45, 7) is 5.62. The predicted molar refractivity (Wildman–Crippen MR) is 61.0 cm³/mol. The van der Waals surface area contributed by atoms with E-state index in [4.69, 9.17) is 0 Å². The van der Waals surface area contributed by atoms with Gasteiger partial charge in [-0.1, -0.05) is 38.0 Å². The Morgan fingerprint density at radius 3 is 2.50 bits per heavy atom. The van der Waals surface area contributed by atoms with Crippen LogP contribution in [0.5, 0.6) is 0 Å². The minimum atomic E-state index is 0.0720. The monoisotopic (exact) mass is 192 g/mol. The normalized spacial score (nSPS) is 10.6. The second kappa shape index (κ2) is 8.56. The summed E-state index contributed by atoms with van der Waals surface area (Å²) >= 11 is 0. The zero-order valence-corrected chi connectivity index (χ0v) is 9.52. The molecule has 0 aromatic carbocycles. The first-order valence-electron chi connectivity index (χ1n) is 5.34. The molecule has 0 fully saturated rings. The van der Waals surface area contributed by atoms with Gasteiger partial charge in [0.2, 0.25) is 0 Å². The second-order valence-electron chi connectivity index (χ2n) is 3.55. The molecule has 0 unspecified atom stereocenters.